The van der Waals surface area contributed by atoms with Crippen LogP contribution in [-0.4, -0.2) is 64.9 Å². The Balaban J connectivity index is 1.43. The molecule has 0 aliphatic carbocycles. The van der Waals surface area contributed by atoms with E-state index in [1.165, 1.54) is 6.07 Å². The highest BCUT2D eigenvalue weighted by Crippen LogP contribution is 2.33. The molecule has 4 heterocycles. The van der Waals surface area contributed by atoms with Gasteiger partial charge in [0, 0.05) is 56.1 Å². The molecule has 1 aromatic carbocycles. The van der Waals surface area contributed by atoms with Crippen LogP contribution in [0.1, 0.15) is 32.3 Å². The van der Waals surface area contributed by atoms with Crippen molar-refractivity contribution in [3.63, 3.8) is 0 Å². The van der Waals surface area contributed by atoms with Gasteiger partial charge in [-0.05, 0) is 56.5 Å². The summed E-state index contributed by atoms with van der Waals surface area (Å²) in [6.07, 6.45) is 7.41. The Labute approximate surface area is 232 Å². The van der Waals surface area contributed by atoms with E-state index in [0.29, 0.717) is 17.0 Å². The third-order valence-corrected chi connectivity index (χ3v) is 7.77. The molecule has 0 bridgehead atoms. The first-order valence-electron chi connectivity index (χ1n) is 12.9. The van der Waals surface area contributed by atoms with Crippen LogP contribution in [0.5, 0.6) is 0 Å². The van der Waals surface area contributed by atoms with Gasteiger partial charge in [-0.1, -0.05) is 35.4 Å². The Bertz CT molecular complexity index is 1340. The van der Waals surface area contributed by atoms with E-state index >= 15 is 0 Å². The summed E-state index contributed by atoms with van der Waals surface area (Å²) in [4.78, 5) is 21.2. The maximum atomic E-state index is 13.9. The maximum Gasteiger partial charge on any atom is 0.228 e. The second kappa shape index (κ2) is 11.4. The molecule has 3 aromatic rings. The van der Waals surface area contributed by atoms with Gasteiger partial charge in [-0.3, -0.25) is 0 Å². The lowest BCUT2D eigenvalue weighted by Crippen LogP contribution is -2.52. The zero-order chi connectivity index (χ0) is 26.8. The Morgan fingerprint density at radius 1 is 1.03 bits per heavy atom. The van der Waals surface area contributed by atoms with E-state index in [0.717, 1.165) is 67.5 Å². The minimum atomic E-state index is -0.451. The van der Waals surface area contributed by atoms with Crippen molar-refractivity contribution in [1.82, 2.24) is 15.0 Å². The zero-order valence-electron chi connectivity index (χ0n) is 21.5. The van der Waals surface area contributed by atoms with Gasteiger partial charge in [0.05, 0.1) is 22.3 Å². The van der Waals surface area contributed by atoms with Gasteiger partial charge in [-0.25, -0.2) is 14.4 Å². The topological polar surface area (TPSA) is 68.6 Å². The summed E-state index contributed by atoms with van der Waals surface area (Å²) in [5, 5.41) is 9.66. The molecule has 1 unspecified atom stereocenters. The molecule has 0 spiro atoms. The first-order valence-corrected chi connectivity index (χ1v) is 13.7. The molecule has 10 heteroatoms. The standard InChI is InChI=1S/C28H31Cl2FN6O/c1-18-5-3-9-37(18)28-33-25(21-7-8-24(31)22(29)14-21)15-26(34-28)36-11-10-35(17-19(36)2)27-23(30)13-20(16-32-27)6-4-12-38/h4,6-8,13-16,18-19,38H,3,5,9-12,17H2,1-2H3/b6-4+/t18-,19?/m1/s1. The first-order chi connectivity index (χ1) is 18.3. The number of aliphatic hydroxyl groups is 1. The van der Waals surface area contributed by atoms with Crippen LogP contribution in [0.4, 0.5) is 22.0 Å². The summed E-state index contributed by atoms with van der Waals surface area (Å²) >= 11 is 12.7. The van der Waals surface area contributed by atoms with E-state index in [4.69, 9.17) is 38.3 Å². The molecule has 200 valence electrons. The highest BCUT2D eigenvalue weighted by Gasteiger charge is 2.29. The van der Waals surface area contributed by atoms with Crippen molar-refractivity contribution in [2.75, 3.05) is 47.5 Å². The predicted octanol–water partition coefficient (Wildman–Crippen LogP) is 5.69. The fourth-order valence-electron chi connectivity index (χ4n) is 5.18. The van der Waals surface area contributed by atoms with Crippen LogP contribution in [0, 0.1) is 5.82 Å². The molecule has 2 saturated heterocycles. The van der Waals surface area contributed by atoms with Crippen molar-refractivity contribution in [2.45, 2.75) is 38.8 Å². The van der Waals surface area contributed by atoms with Crippen LogP contribution in [0.2, 0.25) is 10.0 Å². The molecule has 7 nitrogen and oxygen atoms in total. The molecule has 0 radical (unpaired) electrons. The van der Waals surface area contributed by atoms with E-state index in [1.807, 2.05) is 12.1 Å². The summed E-state index contributed by atoms with van der Waals surface area (Å²) in [6, 6.07) is 9.01. The van der Waals surface area contributed by atoms with Gasteiger partial charge in [-0.2, -0.15) is 4.98 Å². The Kier molecular flexibility index (Phi) is 8.02. The monoisotopic (exact) mass is 556 g/mol. The van der Waals surface area contributed by atoms with E-state index in [9.17, 15) is 4.39 Å². The molecule has 2 fully saturated rings. The molecule has 0 amide bonds. The lowest BCUT2D eigenvalue weighted by atomic mass is 10.1. The Hall–Kier alpha value is -2.94. The molecule has 1 N–H and O–H groups in total. The minimum absolute atomic E-state index is 0.0316. The molecule has 2 aromatic heterocycles. The van der Waals surface area contributed by atoms with Crippen molar-refractivity contribution in [1.29, 1.82) is 0 Å². The van der Waals surface area contributed by atoms with Gasteiger partial charge in [0.15, 0.2) is 0 Å². The molecule has 2 aliphatic rings. The first kappa shape index (κ1) is 26.7. The number of aromatic nitrogens is 3. The van der Waals surface area contributed by atoms with Gasteiger partial charge in [-0.15, -0.1) is 0 Å². The third kappa shape index (κ3) is 5.58. The third-order valence-electron chi connectivity index (χ3n) is 7.21. The minimum Gasteiger partial charge on any atom is -0.392 e. The van der Waals surface area contributed by atoms with E-state index < -0.39 is 5.82 Å². The van der Waals surface area contributed by atoms with Gasteiger partial charge >= 0.3 is 0 Å². The zero-order valence-corrected chi connectivity index (χ0v) is 23.0. The average molecular weight is 558 g/mol. The summed E-state index contributed by atoms with van der Waals surface area (Å²) < 4.78 is 13.9. The van der Waals surface area contributed by atoms with Crippen molar-refractivity contribution < 1.29 is 9.50 Å². The maximum absolute atomic E-state index is 13.9. The Morgan fingerprint density at radius 2 is 1.87 bits per heavy atom. The van der Waals surface area contributed by atoms with Gasteiger partial charge < -0.3 is 19.8 Å². The van der Waals surface area contributed by atoms with Gasteiger partial charge in [0.25, 0.3) is 0 Å². The van der Waals surface area contributed by atoms with Crippen LogP contribution in [-0.2, 0) is 0 Å². The Morgan fingerprint density at radius 3 is 2.55 bits per heavy atom. The molecule has 0 saturated carbocycles. The number of nitrogens with zero attached hydrogens (tertiary/aromatic N) is 6. The number of hydrogen-bond acceptors (Lipinski definition) is 7. The van der Waals surface area contributed by atoms with E-state index in [1.54, 1.807) is 30.5 Å². The fraction of sp³-hybridized carbons (Fsp3) is 0.393. The number of benzene rings is 1. The molecule has 38 heavy (non-hydrogen) atoms. The second-order valence-corrected chi connectivity index (χ2v) is 10.7. The van der Waals surface area contributed by atoms with Crippen molar-refractivity contribution in [3.05, 3.63) is 64.0 Å². The molecule has 5 rings (SSSR count). The summed E-state index contributed by atoms with van der Waals surface area (Å²) in [5.74, 6) is 1.82. The smallest absolute Gasteiger partial charge is 0.228 e. The molecule has 2 aliphatic heterocycles. The van der Waals surface area contributed by atoms with Crippen LogP contribution in [0.15, 0.2) is 42.6 Å². The number of rotatable bonds is 6. The molecular weight excluding hydrogens is 526 g/mol. The number of halogens is 3. The van der Waals surface area contributed by atoms with Crippen molar-refractivity contribution in [2.24, 2.45) is 0 Å². The van der Waals surface area contributed by atoms with E-state index in [-0.39, 0.29) is 17.7 Å². The number of pyridine rings is 1. The second-order valence-electron chi connectivity index (χ2n) is 9.87. The molecule has 2 atom stereocenters. The molecular formula is C28H31Cl2FN6O. The van der Waals surface area contributed by atoms with Gasteiger partial charge in [0.2, 0.25) is 5.95 Å². The van der Waals surface area contributed by atoms with Gasteiger partial charge in [0.1, 0.15) is 17.5 Å². The quantitative estimate of drug-likeness (QED) is 0.418. The summed E-state index contributed by atoms with van der Waals surface area (Å²) in [7, 11) is 0. The average Bonchev–Trinajstić information content (AvgIpc) is 3.34. The summed E-state index contributed by atoms with van der Waals surface area (Å²) in [6.45, 7) is 7.39. The largest absolute Gasteiger partial charge is 0.392 e. The number of anilines is 3. The highest BCUT2D eigenvalue weighted by atomic mass is 35.5. The van der Waals surface area contributed by atoms with Crippen molar-refractivity contribution in [3.8, 4) is 11.3 Å². The van der Waals surface area contributed by atoms with Crippen LogP contribution in [0.3, 0.4) is 0 Å². The lowest BCUT2D eigenvalue weighted by Gasteiger charge is -2.41. The summed E-state index contributed by atoms with van der Waals surface area (Å²) in [5.41, 5.74) is 2.32. The van der Waals surface area contributed by atoms with E-state index in [2.05, 4.69) is 33.5 Å². The van der Waals surface area contributed by atoms with Crippen molar-refractivity contribution >= 4 is 46.9 Å². The fourth-order valence-corrected chi connectivity index (χ4v) is 5.65. The van der Waals surface area contributed by atoms with Crippen LogP contribution < -0.4 is 14.7 Å². The predicted molar refractivity (Wildman–Crippen MR) is 153 cm³/mol. The van der Waals surface area contributed by atoms with Crippen LogP contribution >= 0.6 is 23.2 Å². The SMILES string of the molecule is CC1CN(c2ncc(/C=C/CO)cc2Cl)CCN1c1cc(-c2ccc(F)c(Cl)c2)nc(N2CCC[C@H]2C)n1. The number of aliphatic hydroxyl groups excluding tert-OH is 1. The normalized spacial score (nSPS) is 20.1. The number of piperazine rings is 1. The number of hydrogen-bond donors (Lipinski definition) is 1. The van der Waals surface area contributed by atoms with Crippen LogP contribution in [0.25, 0.3) is 17.3 Å². The lowest BCUT2D eigenvalue weighted by molar-refractivity contribution is 0.343. The highest BCUT2D eigenvalue weighted by molar-refractivity contribution is 6.33.